The van der Waals surface area contributed by atoms with Gasteiger partial charge < -0.3 is 10.5 Å². The van der Waals surface area contributed by atoms with E-state index >= 15 is 0 Å². The molecule has 0 bridgehead atoms. The standard InChI is InChI=1S/C23H24N4O5S/c1-2-32-22(31)16-9-11-17(12-10-16)26-21(30)18(14-19(24)28)27(23(26)33)25-20(29)13-8-15-6-4-3-5-7-15/h3-7,9-12,18H,2,8,13-14H2,1H3,(H2,24,28)(H,25,29)/t18-/m1/s1. The number of primary amides is 1. The van der Waals surface area contributed by atoms with Crippen molar-refractivity contribution in [3.8, 4) is 0 Å². The van der Waals surface area contributed by atoms with Crippen LogP contribution in [0, 0.1) is 0 Å². The quantitative estimate of drug-likeness (QED) is 0.424. The van der Waals surface area contributed by atoms with E-state index in [1.54, 1.807) is 19.1 Å². The molecule has 1 atom stereocenters. The Morgan fingerprint density at radius 1 is 1.09 bits per heavy atom. The molecule has 2 aromatic rings. The van der Waals surface area contributed by atoms with Crippen LogP contribution in [0.5, 0.6) is 0 Å². The number of ether oxygens (including phenoxy) is 1. The molecule has 1 aliphatic heterocycles. The number of hydrogen-bond donors (Lipinski definition) is 2. The molecule has 2 aromatic carbocycles. The lowest BCUT2D eigenvalue weighted by Gasteiger charge is -2.24. The van der Waals surface area contributed by atoms with Gasteiger partial charge in [-0.2, -0.15) is 0 Å². The van der Waals surface area contributed by atoms with E-state index < -0.39 is 23.8 Å². The lowest BCUT2D eigenvalue weighted by atomic mass is 10.1. The number of nitrogens with one attached hydrogen (secondary N) is 1. The summed E-state index contributed by atoms with van der Waals surface area (Å²) < 4.78 is 4.96. The summed E-state index contributed by atoms with van der Waals surface area (Å²) in [4.78, 5) is 50.3. The van der Waals surface area contributed by atoms with Gasteiger partial charge in [0, 0.05) is 6.42 Å². The van der Waals surface area contributed by atoms with Crippen LogP contribution >= 0.6 is 12.2 Å². The van der Waals surface area contributed by atoms with Crippen LogP contribution < -0.4 is 16.1 Å². The van der Waals surface area contributed by atoms with Crippen LogP contribution in [-0.2, 0) is 25.5 Å². The molecule has 1 aliphatic rings. The van der Waals surface area contributed by atoms with E-state index in [4.69, 9.17) is 22.7 Å². The number of nitrogens with two attached hydrogens (primary N) is 1. The summed E-state index contributed by atoms with van der Waals surface area (Å²) in [5, 5.41) is 1.21. The second kappa shape index (κ2) is 10.7. The van der Waals surface area contributed by atoms with Gasteiger partial charge in [0.1, 0.15) is 6.04 Å². The lowest BCUT2D eigenvalue weighted by Crippen LogP contribution is -2.49. The number of benzene rings is 2. The van der Waals surface area contributed by atoms with E-state index in [1.165, 1.54) is 22.0 Å². The topological polar surface area (TPSA) is 122 Å². The molecule has 3 N–H and O–H groups in total. The number of hydrogen-bond acceptors (Lipinski definition) is 6. The van der Waals surface area contributed by atoms with Gasteiger partial charge in [-0.3, -0.25) is 24.7 Å². The summed E-state index contributed by atoms with van der Waals surface area (Å²) in [5.41, 5.74) is 9.66. The maximum atomic E-state index is 13.1. The van der Waals surface area contributed by atoms with Gasteiger partial charge in [0.25, 0.3) is 5.91 Å². The van der Waals surface area contributed by atoms with Crippen LogP contribution in [0.15, 0.2) is 54.6 Å². The average Bonchev–Trinajstić information content (AvgIpc) is 3.02. The summed E-state index contributed by atoms with van der Waals surface area (Å²) in [5.74, 6) is -2.06. The van der Waals surface area contributed by atoms with Crippen LogP contribution in [0.3, 0.4) is 0 Å². The molecule has 0 aromatic heterocycles. The molecule has 9 nitrogen and oxygen atoms in total. The van der Waals surface area contributed by atoms with E-state index in [0.29, 0.717) is 17.7 Å². The van der Waals surface area contributed by atoms with Crippen molar-refractivity contribution < 1.29 is 23.9 Å². The van der Waals surface area contributed by atoms with Crippen LogP contribution in [0.1, 0.15) is 35.7 Å². The number of hydrazine groups is 1. The van der Waals surface area contributed by atoms with E-state index in [9.17, 15) is 19.2 Å². The van der Waals surface area contributed by atoms with Crippen LogP contribution in [0.4, 0.5) is 5.69 Å². The molecule has 3 rings (SSSR count). The third-order valence-corrected chi connectivity index (χ3v) is 5.35. The van der Waals surface area contributed by atoms with Crippen molar-refractivity contribution in [1.82, 2.24) is 10.4 Å². The number of amides is 3. The zero-order valence-corrected chi connectivity index (χ0v) is 18.8. The molecule has 172 valence electrons. The second-order valence-corrected chi connectivity index (χ2v) is 7.67. The van der Waals surface area contributed by atoms with Crippen molar-refractivity contribution in [3.05, 3.63) is 65.7 Å². The number of carbonyl (C=O) groups is 4. The highest BCUT2D eigenvalue weighted by Crippen LogP contribution is 2.26. The van der Waals surface area contributed by atoms with E-state index in [-0.39, 0.29) is 30.5 Å². The predicted octanol–water partition coefficient (Wildman–Crippen LogP) is 1.70. The number of thiocarbonyl (C=S) groups is 1. The maximum absolute atomic E-state index is 13.1. The first-order valence-corrected chi connectivity index (χ1v) is 10.8. The predicted molar refractivity (Wildman–Crippen MR) is 125 cm³/mol. The molecule has 0 aliphatic carbocycles. The van der Waals surface area contributed by atoms with E-state index in [1.807, 2.05) is 30.3 Å². The fourth-order valence-corrected chi connectivity index (χ4v) is 3.75. The van der Waals surface area contributed by atoms with Crippen LogP contribution in [-0.4, -0.2) is 46.5 Å². The monoisotopic (exact) mass is 468 g/mol. The Kier molecular flexibility index (Phi) is 7.73. The highest BCUT2D eigenvalue weighted by Gasteiger charge is 2.45. The molecule has 1 saturated heterocycles. The molecule has 0 radical (unpaired) electrons. The van der Waals surface area contributed by atoms with Gasteiger partial charge in [-0.1, -0.05) is 30.3 Å². The Bertz CT molecular complexity index is 1060. The van der Waals surface area contributed by atoms with Gasteiger partial charge >= 0.3 is 5.97 Å². The second-order valence-electron chi connectivity index (χ2n) is 7.30. The normalized spacial score (nSPS) is 15.5. The molecule has 10 heteroatoms. The Morgan fingerprint density at radius 2 is 1.76 bits per heavy atom. The van der Waals surface area contributed by atoms with Crippen molar-refractivity contribution in [2.45, 2.75) is 32.2 Å². The summed E-state index contributed by atoms with van der Waals surface area (Å²) >= 11 is 5.45. The summed E-state index contributed by atoms with van der Waals surface area (Å²) in [7, 11) is 0. The Balaban J connectivity index is 1.76. The van der Waals surface area contributed by atoms with Gasteiger partial charge in [-0.05, 0) is 55.4 Å². The van der Waals surface area contributed by atoms with Gasteiger partial charge in [0.2, 0.25) is 16.9 Å². The summed E-state index contributed by atoms with van der Waals surface area (Å²) in [6.07, 6.45) is 0.338. The molecule has 1 heterocycles. The fourth-order valence-electron chi connectivity index (χ4n) is 3.38. The third-order valence-electron chi connectivity index (χ3n) is 4.97. The largest absolute Gasteiger partial charge is 0.462 e. The first-order valence-electron chi connectivity index (χ1n) is 10.4. The van der Waals surface area contributed by atoms with Crippen LogP contribution in [0.25, 0.3) is 0 Å². The number of rotatable bonds is 9. The van der Waals surface area contributed by atoms with Crippen molar-refractivity contribution in [2.24, 2.45) is 5.73 Å². The highest BCUT2D eigenvalue weighted by atomic mass is 32.1. The van der Waals surface area contributed by atoms with Gasteiger partial charge in [-0.25, -0.2) is 9.80 Å². The van der Waals surface area contributed by atoms with Crippen molar-refractivity contribution in [2.75, 3.05) is 11.5 Å². The van der Waals surface area contributed by atoms with Crippen LogP contribution in [0.2, 0.25) is 0 Å². The number of carbonyl (C=O) groups excluding carboxylic acids is 4. The highest BCUT2D eigenvalue weighted by molar-refractivity contribution is 7.80. The maximum Gasteiger partial charge on any atom is 0.338 e. The summed E-state index contributed by atoms with van der Waals surface area (Å²) in [6, 6.07) is 14.5. The third kappa shape index (κ3) is 5.72. The molecule has 0 unspecified atom stereocenters. The molecule has 0 spiro atoms. The Morgan fingerprint density at radius 3 is 2.36 bits per heavy atom. The first-order chi connectivity index (χ1) is 15.8. The molecule has 0 saturated carbocycles. The number of anilines is 1. The first kappa shape index (κ1) is 23.9. The van der Waals surface area contributed by atoms with Gasteiger partial charge in [0.15, 0.2) is 0 Å². The fraction of sp³-hybridized carbons (Fsp3) is 0.261. The smallest absolute Gasteiger partial charge is 0.338 e. The number of aryl methyl sites for hydroxylation is 1. The molecule has 1 fully saturated rings. The minimum absolute atomic E-state index is 0.00296. The lowest BCUT2D eigenvalue weighted by molar-refractivity contribution is -0.129. The van der Waals surface area contributed by atoms with E-state index in [2.05, 4.69) is 5.43 Å². The van der Waals surface area contributed by atoms with Crippen molar-refractivity contribution in [1.29, 1.82) is 0 Å². The van der Waals surface area contributed by atoms with Gasteiger partial charge in [-0.15, -0.1) is 0 Å². The molecule has 33 heavy (non-hydrogen) atoms. The Labute approximate surface area is 196 Å². The zero-order chi connectivity index (χ0) is 24.0. The average molecular weight is 469 g/mol. The Hall–Kier alpha value is -3.79. The zero-order valence-electron chi connectivity index (χ0n) is 18.0. The minimum atomic E-state index is -1.07. The molecular formula is C23H24N4O5S. The number of esters is 1. The molecule has 3 amide bonds. The number of nitrogens with zero attached hydrogens (tertiary/aromatic N) is 2. The van der Waals surface area contributed by atoms with Gasteiger partial charge in [0.05, 0.1) is 24.3 Å². The SMILES string of the molecule is CCOC(=O)c1ccc(N2C(=O)[C@@H](CC(N)=O)N(NC(=O)CCc3ccccc3)C2=S)cc1. The summed E-state index contributed by atoms with van der Waals surface area (Å²) in [6.45, 7) is 1.94. The van der Waals surface area contributed by atoms with E-state index in [0.717, 1.165) is 5.56 Å². The molecular weight excluding hydrogens is 444 g/mol. The van der Waals surface area contributed by atoms with Crippen molar-refractivity contribution in [3.63, 3.8) is 0 Å². The minimum Gasteiger partial charge on any atom is -0.462 e. The van der Waals surface area contributed by atoms with Crippen molar-refractivity contribution >= 4 is 46.7 Å².